The monoisotopic (exact) mass is 299 g/mol. The molecule has 1 aliphatic rings. The van der Waals surface area contributed by atoms with Crippen LogP contribution in [-0.4, -0.2) is 47.5 Å². The molecule has 1 N–H and O–H groups in total. The number of aliphatic carboxylic acids is 1. The fraction of sp³-hybridized carbons (Fsp3) is 0.800. The van der Waals surface area contributed by atoms with E-state index < -0.39 is 17.9 Å². The molecular weight excluding hydrogens is 274 g/mol. The summed E-state index contributed by atoms with van der Waals surface area (Å²) >= 11 is 0. The molecule has 0 bridgehead atoms. The lowest BCUT2D eigenvalue weighted by molar-refractivity contribution is -0.150. The molecule has 1 saturated carbocycles. The fourth-order valence-corrected chi connectivity index (χ4v) is 2.72. The van der Waals surface area contributed by atoms with Gasteiger partial charge in [0.15, 0.2) is 0 Å². The van der Waals surface area contributed by atoms with Crippen LogP contribution in [0, 0.1) is 17.8 Å². The van der Waals surface area contributed by atoms with Crippen LogP contribution in [0.2, 0.25) is 0 Å². The quantitative estimate of drug-likeness (QED) is 0.721. The lowest BCUT2D eigenvalue weighted by atomic mass is 10.0. The van der Waals surface area contributed by atoms with Crippen LogP contribution in [0.5, 0.6) is 0 Å². The molecule has 0 unspecified atom stereocenters. The van der Waals surface area contributed by atoms with Crippen LogP contribution in [0.3, 0.4) is 0 Å². The van der Waals surface area contributed by atoms with Gasteiger partial charge in [0.05, 0.1) is 12.5 Å². The van der Waals surface area contributed by atoms with Gasteiger partial charge in [-0.2, -0.15) is 0 Å². The van der Waals surface area contributed by atoms with Crippen LogP contribution < -0.4 is 0 Å². The van der Waals surface area contributed by atoms with Crippen molar-refractivity contribution in [2.24, 2.45) is 17.8 Å². The van der Waals surface area contributed by atoms with Crippen molar-refractivity contribution in [3.63, 3.8) is 0 Å². The number of hydrogen-bond acceptors (Lipinski definition) is 4. The van der Waals surface area contributed by atoms with Crippen molar-refractivity contribution in [3.8, 4) is 0 Å². The van der Waals surface area contributed by atoms with Crippen molar-refractivity contribution in [2.45, 2.75) is 40.0 Å². The Balaban J connectivity index is 2.67. The summed E-state index contributed by atoms with van der Waals surface area (Å²) in [6.07, 6.45) is 1.47. The second kappa shape index (κ2) is 8.00. The number of carbonyl (C=O) groups is 3. The van der Waals surface area contributed by atoms with Crippen LogP contribution >= 0.6 is 0 Å². The molecule has 0 aromatic heterocycles. The Hall–Kier alpha value is -1.59. The number of nitrogens with zero attached hydrogens (tertiary/aromatic N) is 1. The van der Waals surface area contributed by atoms with Gasteiger partial charge in [0.25, 0.3) is 0 Å². The van der Waals surface area contributed by atoms with Crippen molar-refractivity contribution >= 4 is 17.8 Å². The van der Waals surface area contributed by atoms with E-state index in [0.717, 1.165) is 0 Å². The van der Waals surface area contributed by atoms with Crippen molar-refractivity contribution in [1.82, 2.24) is 4.90 Å². The summed E-state index contributed by atoms with van der Waals surface area (Å²) in [4.78, 5) is 36.6. The molecule has 0 spiro atoms. The molecule has 6 nitrogen and oxygen atoms in total. The van der Waals surface area contributed by atoms with Crippen molar-refractivity contribution in [2.75, 3.05) is 19.7 Å². The highest BCUT2D eigenvalue weighted by atomic mass is 16.5. The van der Waals surface area contributed by atoms with Crippen molar-refractivity contribution in [1.29, 1.82) is 0 Å². The predicted octanol–water partition coefficient (Wildman–Crippen LogP) is 1.53. The van der Waals surface area contributed by atoms with E-state index in [1.165, 1.54) is 4.90 Å². The van der Waals surface area contributed by atoms with Gasteiger partial charge in [0.2, 0.25) is 5.91 Å². The summed E-state index contributed by atoms with van der Waals surface area (Å²) in [5, 5.41) is 9.01. The maximum absolute atomic E-state index is 12.5. The Labute approximate surface area is 125 Å². The highest BCUT2D eigenvalue weighted by Gasteiger charge is 2.36. The highest BCUT2D eigenvalue weighted by molar-refractivity contribution is 5.84. The maximum atomic E-state index is 12.5. The zero-order chi connectivity index (χ0) is 16.0. The third-order valence-corrected chi connectivity index (χ3v) is 3.65. The van der Waals surface area contributed by atoms with E-state index in [1.54, 1.807) is 6.92 Å². The Morgan fingerprint density at radius 1 is 1.24 bits per heavy atom. The Morgan fingerprint density at radius 3 is 2.33 bits per heavy atom. The number of ether oxygens (including phenoxy) is 1. The van der Waals surface area contributed by atoms with E-state index >= 15 is 0 Å². The summed E-state index contributed by atoms with van der Waals surface area (Å²) in [5.74, 6) is -1.88. The molecule has 0 aromatic carbocycles. The van der Waals surface area contributed by atoms with Gasteiger partial charge in [-0.3, -0.25) is 14.4 Å². The van der Waals surface area contributed by atoms with Gasteiger partial charge < -0.3 is 14.7 Å². The van der Waals surface area contributed by atoms with Gasteiger partial charge in [-0.05, 0) is 32.1 Å². The molecule has 0 aliphatic heterocycles. The second-order valence-corrected chi connectivity index (χ2v) is 5.96. The normalized spacial score (nSPS) is 21.3. The average Bonchev–Trinajstić information content (AvgIpc) is 2.86. The summed E-state index contributed by atoms with van der Waals surface area (Å²) < 4.78 is 4.90. The molecule has 0 heterocycles. The van der Waals surface area contributed by atoms with Crippen LogP contribution in [0.4, 0.5) is 0 Å². The summed E-state index contributed by atoms with van der Waals surface area (Å²) in [6, 6.07) is 0. The van der Waals surface area contributed by atoms with E-state index in [1.807, 2.05) is 13.8 Å². The topological polar surface area (TPSA) is 83.9 Å². The minimum Gasteiger partial charge on any atom is -0.481 e. The van der Waals surface area contributed by atoms with E-state index in [-0.39, 0.29) is 30.9 Å². The number of amides is 1. The van der Waals surface area contributed by atoms with Crippen molar-refractivity contribution < 1.29 is 24.2 Å². The number of esters is 1. The smallest absolute Gasteiger partial charge is 0.325 e. The van der Waals surface area contributed by atoms with Crippen LogP contribution in [0.25, 0.3) is 0 Å². The van der Waals surface area contributed by atoms with Gasteiger partial charge in [0.1, 0.15) is 6.54 Å². The van der Waals surface area contributed by atoms with Crippen LogP contribution in [0.15, 0.2) is 0 Å². The third kappa shape index (κ3) is 5.36. The molecule has 1 rings (SSSR count). The van der Waals surface area contributed by atoms with E-state index in [9.17, 15) is 14.4 Å². The van der Waals surface area contributed by atoms with Gasteiger partial charge in [-0.1, -0.05) is 13.8 Å². The standard InChI is InChI=1S/C15H25NO5/c1-4-21-13(17)9-16(8-10(2)3)14(18)11-5-6-12(7-11)15(19)20/h10-12H,4-9H2,1-3H3,(H,19,20)/t11-,12+/m1/s1. The number of carbonyl (C=O) groups excluding carboxylic acids is 2. The first-order valence-corrected chi connectivity index (χ1v) is 7.52. The SMILES string of the molecule is CCOC(=O)CN(CC(C)C)C(=O)[C@@H]1CC[C@H](C(=O)O)C1. The van der Waals surface area contributed by atoms with Gasteiger partial charge in [0, 0.05) is 12.5 Å². The Morgan fingerprint density at radius 2 is 1.86 bits per heavy atom. The molecule has 2 atom stereocenters. The van der Waals surface area contributed by atoms with E-state index in [0.29, 0.717) is 25.8 Å². The fourth-order valence-electron chi connectivity index (χ4n) is 2.72. The maximum Gasteiger partial charge on any atom is 0.325 e. The van der Waals surface area contributed by atoms with Gasteiger partial charge >= 0.3 is 11.9 Å². The summed E-state index contributed by atoms with van der Waals surface area (Å²) in [6.45, 7) is 6.37. The molecule has 1 aliphatic carbocycles. The molecule has 0 saturated heterocycles. The Bertz CT molecular complexity index is 394. The molecule has 6 heteroatoms. The first kappa shape index (κ1) is 17.5. The van der Waals surface area contributed by atoms with E-state index in [2.05, 4.69) is 0 Å². The number of carboxylic acids is 1. The lowest BCUT2D eigenvalue weighted by Crippen LogP contribution is -2.41. The first-order valence-electron chi connectivity index (χ1n) is 7.52. The summed E-state index contributed by atoms with van der Waals surface area (Å²) in [7, 11) is 0. The third-order valence-electron chi connectivity index (χ3n) is 3.65. The van der Waals surface area contributed by atoms with Gasteiger partial charge in [-0.15, -0.1) is 0 Å². The van der Waals surface area contributed by atoms with Gasteiger partial charge in [-0.25, -0.2) is 0 Å². The molecule has 1 amide bonds. The molecule has 1 fully saturated rings. The lowest BCUT2D eigenvalue weighted by Gasteiger charge is -2.26. The number of rotatable bonds is 7. The van der Waals surface area contributed by atoms with Crippen molar-refractivity contribution in [3.05, 3.63) is 0 Å². The molecule has 120 valence electrons. The molecule has 0 radical (unpaired) electrons. The molecule has 0 aromatic rings. The predicted molar refractivity (Wildman–Crippen MR) is 76.5 cm³/mol. The second-order valence-electron chi connectivity index (χ2n) is 5.96. The zero-order valence-electron chi connectivity index (χ0n) is 13.0. The average molecular weight is 299 g/mol. The number of carboxylic acid groups (broad SMARTS) is 1. The Kier molecular flexibility index (Phi) is 6.65. The van der Waals surface area contributed by atoms with Crippen LogP contribution in [-0.2, 0) is 19.1 Å². The van der Waals surface area contributed by atoms with Crippen LogP contribution in [0.1, 0.15) is 40.0 Å². The highest BCUT2D eigenvalue weighted by Crippen LogP contribution is 2.32. The summed E-state index contributed by atoms with van der Waals surface area (Å²) in [5.41, 5.74) is 0. The minimum atomic E-state index is -0.842. The molecule has 21 heavy (non-hydrogen) atoms. The molecular formula is C15H25NO5. The van der Waals surface area contributed by atoms with E-state index in [4.69, 9.17) is 9.84 Å². The largest absolute Gasteiger partial charge is 0.481 e. The minimum absolute atomic E-state index is 0.0565. The zero-order valence-corrected chi connectivity index (χ0v) is 13.0. The first-order chi connectivity index (χ1) is 9.85. The number of hydrogen-bond donors (Lipinski definition) is 1.